The molecule has 3 nitrogen and oxygen atoms in total. The van der Waals surface area contributed by atoms with E-state index in [2.05, 4.69) is 5.32 Å². The van der Waals surface area contributed by atoms with Crippen LogP contribution in [0.2, 0.25) is 0 Å². The van der Waals surface area contributed by atoms with Crippen LogP contribution in [0.15, 0.2) is 12.1 Å². The minimum absolute atomic E-state index is 0.100. The summed E-state index contributed by atoms with van der Waals surface area (Å²) in [5, 5.41) is 11.8. The Labute approximate surface area is 97.5 Å². The zero-order valence-electron chi connectivity index (χ0n) is 9.17. The topological polar surface area (TPSA) is 49.3 Å². The highest BCUT2D eigenvalue weighted by Crippen LogP contribution is 2.28. The number of hydrogen-bond donors (Lipinski definition) is 2. The Morgan fingerprint density at radius 2 is 1.76 bits per heavy atom. The van der Waals surface area contributed by atoms with E-state index >= 15 is 0 Å². The predicted octanol–water partition coefficient (Wildman–Crippen LogP) is 2.13. The van der Waals surface area contributed by atoms with Crippen LogP contribution < -0.4 is 5.32 Å². The molecule has 0 aromatic heterocycles. The van der Waals surface area contributed by atoms with Crippen molar-refractivity contribution in [1.82, 2.24) is 5.32 Å². The molecule has 1 heterocycles. The Morgan fingerprint density at radius 1 is 1.24 bits per heavy atom. The van der Waals surface area contributed by atoms with Gasteiger partial charge in [-0.2, -0.15) is 0 Å². The van der Waals surface area contributed by atoms with Gasteiger partial charge < -0.3 is 10.4 Å². The molecule has 0 aliphatic carbocycles. The second-order valence-electron chi connectivity index (χ2n) is 4.19. The maximum atomic E-state index is 13.5. The summed E-state index contributed by atoms with van der Waals surface area (Å²) < 4.78 is 27.0. The molecule has 2 rings (SSSR count). The van der Waals surface area contributed by atoms with E-state index in [0.29, 0.717) is 5.56 Å². The third-order valence-electron chi connectivity index (χ3n) is 3.09. The molecule has 1 fully saturated rings. The molecule has 0 saturated carbocycles. The van der Waals surface area contributed by atoms with Crippen LogP contribution in [0.3, 0.4) is 0 Å². The van der Waals surface area contributed by atoms with Crippen molar-refractivity contribution in [2.24, 2.45) is 0 Å². The SMILES string of the molecule is O=C(O)c1c(F)cc(C2CCNCC2)cc1F. The lowest BCUT2D eigenvalue weighted by atomic mass is 9.89. The standard InChI is InChI=1S/C12H13F2NO2/c13-9-5-8(7-1-3-15-4-2-7)6-10(14)11(9)12(16)17/h5-7,15H,1-4H2,(H,16,17). The minimum atomic E-state index is -1.57. The van der Waals surface area contributed by atoms with Gasteiger partial charge in [-0.3, -0.25) is 0 Å². The Balaban J connectivity index is 2.34. The van der Waals surface area contributed by atoms with Crippen molar-refractivity contribution in [1.29, 1.82) is 0 Å². The van der Waals surface area contributed by atoms with E-state index in [4.69, 9.17) is 5.11 Å². The van der Waals surface area contributed by atoms with Gasteiger partial charge in [0.2, 0.25) is 0 Å². The van der Waals surface area contributed by atoms with Gasteiger partial charge in [0.1, 0.15) is 17.2 Å². The number of rotatable bonds is 2. The van der Waals surface area contributed by atoms with Crippen LogP contribution in [0, 0.1) is 11.6 Å². The fourth-order valence-corrected chi connectivity index (χ4v) is 2.19. The van der Waals surface area contributed by atoms with Gasteiger partial charge in [0.05, 0.1) is 0 Å². The average Bonchev–Trinajstić information content (AvgIpc) is 2.28. The van der Waals surface area contributed by atoms with E-state index in [1.165, 1.54) is 0 Å². The number of halogens is 2. The first-order chi connectivity index (χ1) is 8.09. The summed E-state index contributed by atoms with van der Waals surface area (Å²) in [6.07, 6.45) is 1.62. The summed E-state index contributed by atoms with van der Waals surface area (Å²) in [6, 6.07) is 2.28. The lowest BCUT2D eigenvalue weighted by Gasteiger charge is -2.23. The molecule has 2 N–H and O–H groups in total. The first-order valence-corrected chi connectivity index (χ1v) is 5.52. The number of carbonyl (C=O) groups is 1. The normalized spacial score (nSPS) is 17.1. The molecular weight excluding hydrogens is 228 g/mol. The highest BCUT2D eigenvalue weighted by molar-refractivity contribution is 5.88. The molecule has 0 spiro atoms. The summed E-state index contributed by atoms with van der Waals surface area (Å²) in [5.74, 6) is -3.46. The van der Waals surface area contributed by atoms with Gasteiger partial charge in [-0.15, -0.1) is 0 Å². The number of aromatic carboxylic acids is 1. The van der Waals surface area contributed by atoms with Crippen molar-refractivity contribution in [3.8, 4) is 0 Å². The van der Waals surface area contributed by atoms with Crippen LogP contribution in [0.25, 0.3) is 0 Å². The summed E-state index contributed by atoms with van der Waals surface area (Å²) in [6.45, 7) is 1.63. The largest absolute Gasteiger partial charge is 0.477 e. The molecule has 1 aromatic rings. The average molecular weight is 241 g/mol. The molecule has 17 heavy (non-hydrogen) atoms. The van der Waals surface area contributed by atoms with Crippen LogP contribution in [0.1, 0.15) is 34.7 Å². The molecule has 0 amide bonds. The lowest BCUT2D eigenvalue weighted by molar-refractivity contribution is 0.0686. The smallest absolute Gasteiger partial charge is 0.341 e. The number of benzene rings is 1. The van der Waals surface area contributed by atoms with Crippen LogP contribution in [-0.2, 0) is 0 Å². The number of carboxylic acid groups (broad SMARTS) is 1. The zero-order valence-corrected chi connectivity index (χ0v) is 9.17. The van der Waals surface area contributed by atoms with Crippen LogP contribution in [0.5, 0.6) is 0 Å². The van der Waals surface area contributed by atoms with E-state index in [0.717, 1.165) is 38.1 Å². The summed E-state index contributed by atoms with van der Waals surface area (Å²) in [5.41, 5.74) is -0.325. The molecular formula is C12H13F2NO2. The first-order valence-electron chi connectivity index (χ1n) is 5.52. The maximum Gasteiger partial charge on any atom is 0.341 e. The molecule has 0 bridgehead atoms. The Bertz CT molecular complexity index is 419. The van der Waals surface area contributed by atoms with Gasteiger partial charge in [0.25, 0.3) is 0 Å². The molecule has 92 valence electrons. The summed E-state index contributed by atoms with van der Waals surface area (Å²) in [4.78, 5) is 10.6. The van der Waals surface area contributed by atoms with E-state index in [1.807, 2.05) is 0 Å². The van der Waals surface area contributed by atoms with Crippen LogP contribution in [0.4, 0.5) is 8.78 Å². The Hall–Kier alpha value is -1.49. The van der Waals surface area contributed by atoms with Gasteiger partial charge in [0, 0.05) is 0 Å². The van der Waals surface area contributed by atoms with Crippen molar-refractivity contribution >= 4 is 5.97 Å². The van der Waals surface area contributed by atoms with Gasteiger partial charge in [-0.1, -0.05) is 0 Å². The number of nitrogens with one attached hydrogen (secondary N) is 1. The van der Waals surface area contributed by atoms with Crippen LogP contribution >= 0.6 is 0 Å². The molecule has 0 atom stereocenters. The van der Waals surface area contributed by atoms with Crippen LogP contribution in [-0.4, -0.2) is 24.2 Å². The summed E-state index contributed by atoms with van der Waals surface area (Å²) in [7, 11) is 0. The maximum absolute atomic E-state index is 13.5. The molecule has 0 unspecified atom stereocenters. The van der Waals surface area contributed by atoms with Crippen molar-refractivity contribution in [2.75, 3.05) is 13.1 Å². The summed E-state index contributed by atoms with van der Waals surface area (Å²) >= 11 is 0. The first kappa shape index (κ1) is 12.0. The fourth-order valence-electron chi connectivity index (χ4n) is 2.19. The van der Waals surface area contributed by atoms with Gasteiger partial charge in [-0.05, 0) is 49.5 Å². The Kier molecular flexibility index (Phi) is 3.38. The van der Waals surface area contributed by atoms with E-state index in [1.54, 1.807) is 0 Å². The molecule has 5 heteroatoms. The third kappa shape index (κ3) is 2.44. The highest BCUT2D eigenvalue weighted by atomic mass is 19.1. The number of carboxylic acids is 1. The molecule has 1 aliphatic rings. The highest BCUT2D eigenvalue weighted by Gasteiger charge is 2.22. The molecule has 1 aliphatic heterocycles. The quantitative estimate of drug-likeness (QED) is 0.834. The second kappa shape index (κ2) is 4.79. The lowest BCUT2D eigenvalue weighted by Crippen LogP contribution is -2.26. The molecule has 1 saturated heterocycles. The number of hydrogen-bond acceptors (Lipinski definition) is 2. The van der Waals surface area contributed by atoms with Crippen molar-refractivity contribution < 1.29 is 18.7 Å². The number of piperidine rings is 1. The van der Waals surface area contributed by atoms with Crippen molar-refractivity contribution in [3.05, 3.63) is 34.9 Å². The monoisotopic (exact) mass is 241 g/mol. The zero-order chi connectivity index (χ0) is 12.4. The van der Waals surface area contributed by atoms with Gasteiger partial charge in [0.15, 0.2) is 0 Å². The van der Waals surface area contributed by atoms with Crippen molar-refractivity contribution in [3.63, 3.8) is 0 Å². The fraction of sp³-hybridized carbons (Fsp3) is 0.417. The predicted molar refractivity (Wildman–Crippen MR) is 58.2 cm³/mol. The third-order valence-corrected chi connectivity index (χ3v) is 3.09. The minimum Gasteiger partial charge on any atom is -0.477 e. The molecule has 1 aromatic carbocycles. The second-order valence-corrected chi connectivity index (χ2v) is 4.19. The van der Waals surface area contributed by atoms with E-state index < -0.39 is 23.2 Å². The van der Waals surface area contributed by atoms with Gasteiger partial charge >= 0.3 is 5.97 Å². The van der Waals surface area contributed by atoms with Gasteiger partial charge in [-0.25, -0.2) is 13.6 Å². The van der Waals surface area contributed by atoms with E-state index in [-0.39, 0.29) is 5.92 Å². The van der Waals surface area contributed by atoms with E-state index in [9.17, 15) is 13.6 Å². The Morgan fingerprint density at radius 3 is 2.24 bits per heavy atom. The van der Waals surface area contributed by atoms with Crippen molar-refractivity contribution in [2.45, 2.75) is 18.8 Å². The molecule has 0 radical (unpaired) electrons.